The highest BCUT2D eigenvalue weighted by Crippen LogP contribution is 2.32. The van der Waals surface area contributed by atoms with Gasteiger partial charge in [-0.05, 0) is 18.1 Å². The molecule has 1 aromatic carbocycles. The molecule has 0 saturated carbocycles. The average Bonchev–Trinajstić information content (AvgIpc) is 3.04. The van der Waals surface area contributed by atoms with Crippen LogP contribution in [-0.2, 0) is 11.2 Å². The fourth-order valence-corrected chi connectivity index (χ4v) is 2.38. The largest absolute Gasteiger partial charge is 0.475 e. The van der Waals surface area contributed by atoms with Crippen molar-refractivity contribution in [2.24, 2.45) is 0 Å². The highest BCUT2D eigenvalue weighted by molar-refractivity contribution is 5.94. The van der Waals surface area contributed by atoms with Crippen LogP contribution in [0.3, 0.4) is 0 Å². The number of nitrogens with zero attached hydrogens (tertiary/aromatic N) is 2. The van der Waals surface area contributed by atoms with Crippen molar-refractivity contribution < 1.29 is 19.2 Å². The van der Waals surface area contributed by atoms with E-state index < -0.39 is 5.97 Å². The van der Waals surface area contributed by atoms with E-state index in [9.17, 15) is 9.59 Å². The molecule has 6 nitrogen and oxygen atoms in total. The average molecular weight is 272 g/mol. The van der Waals surface area contributed by atoms with E-state index in [1.807, 2.05) is 18.2 Å². The molecule has 2 heterocycles. The molecule has 0 aliphatic carbocycles. The van der Waals surface area contributed by atoms with Crippen molar-refractivity contribution in [3.8, 4) is 11.3 Å². The third-order valence-electron chi connectivity index (χ3n) is 3.38. The predicted molar refractivity (Wildman–Crippen MR) is 70.6 cm³/mol. The van der Waals surface area contributed by atoms with E-state index in [0.717, 1.165) is 23.2 Å². The van der Waals surface area contributed by atoms with Crippen LogP contribution in [0.15, 0.2) is 28.8 Å². The van der Waals surface area contributed by atoms with Gasteiger partial charge in [-0.3, -0.25) is 4.79 Å². The highest BCUT2D eigenvalue weighted by atomic mass is 16.5. The molecular weight excluding hydrogens is 260 g/mol. The Morgan fingerprint density at radius 2 is 2.15 bits per heavy atom. The zero-order valence-electron chi connectivity index (χ0n) is 10.8. The van der Waals surface area contributed by atoms with Crippen LogP contribution in [0.25, 0.3) is 11.3 Å². The number of aromatic nitrogens is 1. The third kappa shape index (κ3) is 1.95. The zero-order chi connectivity index (χ0) is 14.3. The molecule has 1 aromatic heterocycles. The number of carboxylic acids is 1. The number of carbonyl (C=O) groups is 2. The van der Waals surface area contributed by atoms with E-state index in [1.165, 1.54) is 13.0 Å². The number of anilines is 1. The Hall–Kier alpha value is -2.63. The molecule has 0 unspecified atom stereocenters. The van der Waals surface area contributed by atoms with Gasteiger partial charge in [-0.1, -0.05) is 17.3 Å². The number of amides is 1. The maximum absolute atomic E-state index is 11.6. The Balaban J connectivity index is 2.01. The standard InChI is InChI=1S/C14H12N2O4/c1-8(17)16-5-4-9-2-3-10(6-12(9)16)11-7-13(14(18)19)20-15-11/h2-3,6-7H,4-5H2,1H3,(H,18,19). The molecule has 0 spiro atoms. The smallest absolute Gasteiger partial charge is 0.374 e. The summed E-state index contributed by atoms with van der Waals surface area (Å²) in [6, 6.07) is 7.00. The Morgan fingerprint density at radius 3 is 2.80 bits per heavy atom. The summed E-state index contributed by atoms with van der Waals surface area (Å²) in [4.78, 5) is 24.1. The van der Waals surface area contributed by atoms with Gasteiger partial charge in [0.2, 0.25) is 11.7 Å². The number of hydrogen-bond acceptors (Lipinski definition) is 4. The number of carboxylic acid groups (broad SMARTS) is 1. The molecule has 3 rings (SSSR count). The monoisotopic (exact) mass is 272 g/mol. The first-order chi connectivity index (χ1) is 9.56. The second-order valence-corrected chi connectivity index (χ2v) is 4.65. The van der Waals surface area contributed by atoms with Crippen molar-refractivity contribution in [2.45, 2.75) is 13.3 Å². The van der Waals surface area contributed by atoms with Crippen molar-refractivity contribution in [1.29, 1.82) is 0 Å². The van der Waals surface area contributed by atoms with E-state index in [2.05, 4.69) is 5.16 Å². The molecule has 1 aliphatic rings. The Bertz CT molecular complexity index is 705. The van der Waals surface area contributed by atoms with Crippen LogP contribution in [-0.4, -0.2) is 28.7 Å². The van der Waals surface area contributed by atoms with Crippen molar-refractivity contribution in [1.82, 2.24) is 5.16 Å². The summed E-state index contributed by atoms with van der Waals surface area (Å²) in [6.45, 7) is 2.20. The third-order valence-corrected chi connectivity index (χ3v) is 3.38. The normalized spacial score (nSPS) is 13.3. The fraction of sp³-hybridized carbons (Fsp3) is 0.214. The van der Waals surface area contributed by atoms with Gasteiger partial charge in [0.25, 0.3) is 0 Å². The molecule has 1 N–H and O–H groups in total. The number of hydrogen-bond donors (Lipinski definition) is 1. The van der Waals surface area contributed by atoms with Crippen molar-refractivity contribution in [3.05, 3.63) is 35.6 Å². The first-order valence-electron chi connectivity index (χ1n) is 6.17. The van der Waals surface area contributed by atoms with Crippen LogP contribution in [0.1, 0.15) is 23.0 Å². The summed E-state index contributed by atoms with van der Waals surface area (Å²) in [6.07, 6.45) is 0.828. The topological polar surface area (TPSA) is 83.6 Å². The molecule has 0 bridgehead atoms. The minimum atomic E-state index is -1.16. The van der Waals surface area contributed by atoms with Crippen LogP contribution in [0.4, 0.5) is 5.69 Å². The van der Waals surface area contributed by atoms with Crippen LogP contribution >= 0.6 is 0 Å². The lowest BCUT2D eigenvalue weighted by molar-refractivity contribution is -0.116. The number of benzene rings is 1. The fourth-order valence-electron chi connectivity index (χ4n) is 2.38. The molecular formula is C14H12N2O4. The van der Waals surface area contributed by atoms with Crippen LogP contribution in [0, 0.1) is 0 Å². The van der Waals surface area contributed by atoms with Gasteiger partial charge in [0.05, 0.1) is 0 Å². The molecule has 0 saturated heterocycles. The van der Waals surface area contributed by atoms with Gasteiger partial charge in [0.15, 0.2) is 0 Å². The molecule has 0 atom stereocenters. The molecule has 102 valence electrons. The summed E-state index contributed by atoms with van der Waals surface area (Å²) < 4.78 is 4.74. The quantitative estimate of drug-likeness (QED) is 0.903. The Kier molecular flexibility index (Phi) is 2.78. The molecule has 0 radical (unpaired) electrons. The van der Waals surface area contributed by atoms with Crippen LogP contribution in [0.5, 0.6) is 0 Å². The maximum Gasteiger partial charge on any atom is 0.374 e. The second-order valence-electron chi connectivity index (χ2n) is 4.65. The number of aromatic carboxylic acids is 1. The minimum Gasteiger partial charge on any atom is -0.475 e. The predicted octanol–water partition coefficient (Wildman–Crippen LogP) is 1.95. The van der Waals surface area contributed by atoms with Crippen LogP contribution in [0.2, 0.25) is 0 Å². The van der Waals surface area contributed by atoms with Gasteiger partial charge in [0.1, 0.15) is 5.69 Å². The van der Waals surface area contributed by atoms with Gasteiger partial charge in [0, 0.05) is 30.8 Å². The summed E-state index contributed by atoms with van der Waals surface area (Å²) >= 11 is 0. The number of rotatable bonds is 2. The lowest BCUT2D eigenvalue weighted by Crippen LogP contribution is -2.25. The second kappa shape index (κ2) is 4.48. The van der Waals surface area contributed by atoms with Crippen molar-refractivity contribution in [3.63, 3.8) is 0 Å². The van der Waals surface area contributed by atoms with Crippen LogP contribution < -0.4 is 4.90 Å². The number of fused-ring (bicyclic) bond motifs is 1. The van der Waals surface area contributed by atoms with Gasteiger partial charge in [-0.25, -0.2) is 4.79 Å². The Labute approximate surface area is 114 Å². The zero-order valence-corrected chi connectivity index (χ0v) is 10.8. The molecule has 0 fully saturated rings. The van der Waals surface area contributed by atoms with Gasteiger partial charge in [-0.15, -0.1) is 0 Å². The van der Waals surface area contributed by atoms with E-state index in [1.54, 1.807) is 4.90 Å². The first kappa shape index (κ1) is 12.4. The van der Waals surface area contributed by atoms with Gasteiger partial charge >= 0.3 is 5.97 Å². The van der Waals surface area contributed by atoms with Crippen molar-refractivity contribution >= 4 is 17.6 Å². The maximum atomic E-state index is 11.6. The molecule has 6 heteroatoms. The van der Waals surface area contributed by atoms with E-state index >= 15 is 0 Å². The first-order valence-corrected chi connectivity index (χ1v) is 6.17. The molecule has 1 amide bonds. The minimum absolute atomic E-state index is 0.00715. The lowest BCUT2D eigenvalue weighted by atomic mass is 10.1. The molecule has 2 aromatic rings. The number of carbonyl (C=O) groups excluding carboxylic acids is 1. The summed E-state index contributed by atoms with van der Waals surface area (Å²) in [5, 5.41) is 12.6. The van der Waals surface area contributed by atoms with E-state index in [4.69, 9.17) is 9.63 Å². The SMILES string of the molecule is CC(=O)N1CCc2ccc(-c3cc(C(=O)O)on3)cc21. The summed E-state index contributed by atoms with van der Waals surface area (Å²) in [7, 11) is 0. The summed E-state index contributed by atoms with van der Waals surface area (Å²) in [5.41, 5.74) is 3.13. The lowest BCUT2D eigenvalue weighted by Gasteiger charge is -2.15. The summed E-state index contributed by atoms with van der Waals surface area (Å²) in [5.74, 6) is -1.37. The molecule has 20 heavy (non-hydrogen) atoms. The van der Waals surface area contributed by atoms with Gasteiger partial charge in [-0.2, -0.15) is 0 Å². The van der Waals surface area contributed by atoms with Crippen molar-refractivity contribution in [2.75, 3.05) is 11.4 Å². The molecule has 1 aliphatic heterocycles. The highest BCUT2D eigenvalue weighted by Gasteiger charge is 2.23. The Morgan fingerprint density at radius 1 is 1.35 bits per heavy atom. The van der Waals surface area contributed by atoms with Gasteiger partial charge < -0.3 is 14.5 Å². The van der Waals surface area contributed by atoms with E-state index in [-0.39, 0.29) is 11.7 Å². The van der Waals surface area contributed by atoms with E-state index in [0.29, 0.717) is 12.2 Å².